The fourth-order valence-corrected chi connectivity index (χ4v) is 1.91. The van der Waals surface area contributed by atoms with E-state index in [4.69, 9.17) is 14.2 Å². The van der Waals surface area contributed by atoms with Gasteiger partial charge < -0.3 is 14.2 Å². The molecule has 1 aromatic rings. The van der Waals surface area contributed by atoms with Crippen LogP contribution in [0.1, 0.15) is 31.1 Å². The number of ether oxygens (including phenoxy) is 3. The van der Waals surface area contributed by atoms with Crippen molar-refractivity contribution in [2.24, 2.45) is 0 Å². The molecule has 0 spiro atoms. The van der Waals surface area contributed by atoms with Gasteiger partial charge in [-0.3, -0.25) is 0 Å². The molecule has 0 unspecified atom stereocenters. The van der Waals surface area contributed by atoms with Crippen molar-refractivity contribution in [1.82, 2.24) is 0 Å². The molecule has 0 aliphatic carbocycles. The van der Waals surface area contributed by atoms with E-state index in [-0.39, 0.29) is 18.0 Å². The van der Waals surface area contributed by atoms with Crippen molar-refractivity contribution < 1.29 is 23.4 Å². The summed E-state index contributed by atoms with van der Waals surface area (Å²) in [6.45, 7) is 5.16. The molecule has 1 aromatic carbocycles. The molecule has 0 N–H and O–H groups in total. The highest BCUT2D eigenvalue weighted by Crippen LogP contribution is 2.25. The molecular weight excluding hydrogens is 275 g/mol. The minimum absolute atomic E-state index is 0.173. The van der Waals surface area contributed by atoms with E-state index < -0.39 is 5.97 Å². The van der Waals surface area contributed by atoms with E-state index in [0.29, 0.717) is 18.8 Å². The summed E-state index contributed by atoms with van der Waals surface area (Å²) < 4.78 is 29.0. The average molecular weight is 294 g/mol. The SMILES string of the molecule is CCOC(=O)/C=C/c1cc(F)ccc1[C@@H](C)OC[C@H]1CO1. The number of epoxide rings is 1. The van der Waals surface area contributed by atoms with Crippen LogP contribution < -0.4 is 0 Å². The summed E-state index contributed by atoms with van der Waals surface area (Å²) in [5.74, 6) is -0.812. The minimum Gasteiger partial charge on any atom is -0.463 e. The van der Waals surface area contributed by atoms with E-state index in [9.17, 15) is 9.18 Å². The summed E-state index contributed by atoms with van der Waals surface area (Å²) in [5.41, 5.74) is 1.42. The van der Waals surface area contributed by atoms with Crippen LogP contribution in [0.5, 0.6) is 0 Å². The number of benzene rings is 1. The molecule has 1 saturated heterocycles. The zero-order valence-electron chi connectivity index (χ0n) is 12.2. The van der Waals surface area contributed by atoms with Crippen molar-refractivity contribution in [3.8, 4) is 0 Å². The highest BCUT2D eigenvalue weighted by Gasteiger charge is 2.24. The van der Waals surface area contributed by atoms with Crippen molar-refractivity contribution in [3.63, 3.8) is 0 Å². The second-order valence-electron chi connectivity index (χ2n) is 4.79. The normalized spacial score (nSPS) is 18.7. The van der Waals surface area contributed by atoms with Crippen molar-refractivity contribution in [1.29, 1.82) is 0 Å². The Bertz CT molecular complexity index is 523. The molecule has 0 saturated carbocycles. The van der Waals surface area contributed by atoms with Crippen molar-refractivity contribution in [2.45, 2.75) is 26.1 Å². The predicted octanol–water partition coefficient (Wildman–Crippen LogP) is 2.88. The predicted molar refractivity (Wildman–Crippen MR) is 76.2 cm³/mol. The van der Waals surface area contributed by atoms with Crippen LogP contribution in [-0.4, -0.2) is 31.9 Å². The Kier molecular flexibility index (Phi) is 5.47. The molecular formula is C16H19FO4. The number of halogens is 1. The summed E-state index contributed by atoms with van der Waals surface area (Å²) in [4.78, 5) is 11.4. The maximum atomic E-state index is 13.4. The number of rotatable bonds is 7. The highest BCUT2D eigenvalue weighted by atomic mass is 19.1. The Morgan fingerprint density at radius 2 is 2.33 bits per heavy atom. The molecule has 5 heteroatoms. The van der Waals surface area contributed by atoms with Crippen LogP contribution in [0, 0.1) is 5.82 Å². The summed E-state index contributed by atoms with van der Waals surface area (Å²) in [7, 11) is 0. The van der Waals surface area contributed by atoms with Gasteiger partial charge in [-0.15, -0.1) is 0 Å². The maximum absolute atomic E-state index is 13.4. The highest BCUT2D eigenvalue weighted by molar-refractivity contribution is 5.87. The number of carbonyl (C=O) groups excluding carboxylic acids is 1. The third-order valence-electron chi connectivity index (χ3n) is 3.11. The van der Waals surface area contributed by atoms with Gasteiger partial charge in [-0.25, -0.2) is 9.18 Å². The van der Waals surface area contributed by atoms with Gasteiger partial charge in [0.2, 0.25) is 0 Å². The monoisotopic (exact) mass is 294 g/mol. The second kappa shape index (κ2) is 7.33. The second-order valence-corrected chi connectivity index (χ2v) is 4.79. The van der Waals surface area contributed by atoms with E-state index in [0.717, 1.165) is 12.2 Å². The molecule has 1 aliphatic heterocycles. The lowest BCUT2D eigenvalue weighted by Crippen LogP contribution is -2.07. The molecule has 0 bridgehead atoms. The molecule has 1 heterocycles. The van der Waals surface area contributed by atoms with Gasteiger partial charge >= 0.3 is 5.97 Å². The zero-order chi connectivity index (χ0) is 15.2. The first-order chi connectivity index (χ1) is 10.1. The van der Waals surface area contributed by atoms with Crippen molar-refractivity contribution >= 4 is 12.0 Å². The Morgan fingerprint density at radius 1 is 1.57 bits per heavy atom. The third kappa shape index (κ3) is 4.95. The summed E-state index contributed by atoms with van der Waals surface area (Å²) >= 11 is 0. The van der Waals surface area contributed by atoms with Crippen LogP contribution in [0.25, 0.3) is 6.08 Å². The van der Waals surface area contributed by atoms with E-state index in [1.54, 1.807) is 19.1 Å². The van der Waals surface area contributed by atoms with Gasteiger partial charge in [0, 0.05) is 6.08 Å². The smallest absolute Gasteiger partial charge is 0.330 e. The molecule has 114 valence electrons. The zero-order valence-corrected chi connectivity index (χ0v) is 12.2. The van der Waals surface area contributed by atoms with E-state index in [1.165, 1.54) is 18.2 Å². The number of hydrogen-bond donors (Lipinski definition) is 0. The van der Waals surface area contributed by atoms with Crippen LogP contribution in [0.3, 0.4) is 0 Å². The first kappa shape index (κ1) is 15.7. The lowest BCUT2D eigenvalue weighted by atomic mass is 10.0. The Hall–Kier alpha value is -1.72. The quantitative estimate of drug-likeness (QED) is 0.441. The van der Waals surface area contributed by atoms with Crippen molar-refractivity contribution in [3.05, 3.63) is 41.2 Å². The lowest BCUT2D eigenvalue weighted by molar-refractivity contribution is -0.137. The fourth-order valence-electron chi connectivity index (χ4n) is 1.91. The summed E-state index contributed by atoms with van der Waals surface area (Å²) in [6.07, 6.45) is 2.80. The summed E-state index contributed by atoms with van der Waals surface area (Å²) in [6, 6.07) is 4.42. The Morgan fingerprint density at radius 3 is 3.00 bits per heavy atom. The van der Waals surface area contributed by atoms with Crippen LogP contribution in [-0.2, 0) is 19.0 Å². The first-order valence-electron chi connectivity index (χ1n) is 6.97. The molecule has 2 rings (SSSR count). The van der Waals surface area contributed by atoms with Crippen LogP contribution in [0.15, 0.2) is 24.3 Å². The molecule has 1 fully saturated rings. The van der Waals surface area contributed by atoms with Gasteiger partial charge in [-0.2, -0.15) is 0 Å². The van der Waals surface area contributed by atoms with E-state index >= 15 is 0 Å². The van der Waals surface area contributed by atoms with E-state index in [1.807, 2.05) is 6.92 Å². The topological polar surface area (TPSA) is 48.1 Å². The lowest BCUT2D eigenvalue weighted by Gasteiger charge is -2.15. The Labute approximate surface area is 123 Å². The molecule has 0 radical (unpaired) electrons. The minimum atomic E-state index is -0.451. The third-order valence-corrected chi connectivity index (χ3v) is 3.11. The van der Waals surface area contributed by atoms with Gasteiger partial charge in [0.1, 0.15) is 11.9 Å². The Balaban J connectivity index is 2.09. The average Bonchev–Trinajstić information content (AvgIpc) is 3.27. The van der Waals surface area contributed by atoms with Gasteiger partial charge in [0.15, 0.2) is 0 Å². The number of hydrogen-bond acceptors (Lipinski definition) is 4. The first-order valence-corrected chi connectivity index (χ1v) is 6.97. The van der Waals surface area contributed by atoms with Gasteiger partial charge in [-0.1, -0.05) is 6.07 Å². The molecule has 0 amide bonds. The molecule has 21 heavy (non-hydrogen) atoms. The van der Waals surface area contributed by atoms with Gasteiger partial charge in [-0.05, 0) is 43.2 Å². The molecule has 4 nitrogen and oxygen atoms in total. The summed E-state index contributed by atoms with van der Waals surface area (Å²) in [5, 5.41) is 0. The van der Waals surface area contributed by atoms with E-state index in [2.05, 4.69) is 0 Å². The molecule has 2 atom stereocenters. The van der Waals surface area contributed by atoms with Gasteiger partial charge in [0.25, 0.3) is 0 Å². The molecule has 1 aliphatic rings. The van der Waals surface area contributed by atoms with Crippen LogP contribution in [0.4, 0.5) is 4.39 Å². The largest absolute Gasteiger partial charge is 0.463 e. The van der Waals surface area contributed by atoms with Crippen LogP contribution >= 0.6 is 0 Å². The standard InChI is InChI=1S/C16H19FO4/c1-3-19-16(18)7-4-12-8-13(17)5-6-15(12)11(2)20-9-14-10-21-14/h4-8,11,14H,3,9-10H2,1-2H3/b7-4+/t11-,14+/m1/s1. The van der Waals surface area contributed by atoms with Crippen molar-refractivity contribution in [2.75, 3.05) is 19.8 Å². The molecule has 0 aromatic heterocycles. The number of carbonyl (C=O) groups is 1. The number of esters is 1. The fraction of sp³-hybridized carbons (Fsp3) is 0.438. The maximum Gasteiger partial charge on any atom is 0.330 e. The van der Waals surface area contributed by atoms with Gasteiger partial charge in [0.05, 0.1) is 25.9 Å². The van der Waals surface area contributed by atoms with Crippen LogP contribution in [0.2, 0.25) is 0 Å².